The number of hydrogen-bond donors (Lipinski definition) is 2. The normalized spacial score (nSPS) is 19.5. The maximum Gasteiger partial charge on any atom is 0.245 e. The fraction of sp³-hybridized carbons (Fsp3) is 0.679. The molecule has 0 aromatic heterocycles. The predicted octanol–water partition coefficient (Wildman–Crippen LogP) is 3.58. The van der Waals surface area contributed by atoms with Crippen LogP contribution in [0.15, 0.2) is 24.3 Å². The lowest BCUT2D eigenvalue weighted by atomic mass is 10.0. The number of hydrogen-bond acceptors (Lipinski definition) is 6. The summed E-state index contributed by atoms with van der Waals surface area (Å²) in [5, 5.41) is 15.1. The highest BCUT2D eigenvalue weighted by molar-refractivity contribution is 5.90. The summed E-state index contributed by atoms with van der Waals surface area (Å²) in [4.78, 5) is 40.7. The fourth-order valence-corrected chi connectivity index (χ4v) is 4.61. The van der Waals surface area contributed by atoms with E-state index in [0.29, 0.717) is 25.3 Å². The minimum atomic E-state index is -0.437. The van der Waals surface area contributed by atoms with Crippen LogP contribution < -0.4 is 5.32 Å². The molecule has 3 amide bonds. The van der Waals surface area contributed by atoms with Crippen molar-refractivity contribution in [1.29, 1.82) is 0 Å². The zero-order chi connectivity index (χ0) is 27.8. The molecule has 0 radical (unpaired) electrons. The number of carbonyl (C=O) groups excluding carboxylic acids is 3. The standard InChI is InChI=1S/C18H32N4O3.C8H11NO.C2H6/c1-4-6-8-9-11-20-12-16-21(14-23)19(3)13-17(24)22(16)15(18(20)25)10-7-5-2;1-9-6-7-2-4-8(10)5-3-7;1-2/h14-16H,4-13H2,1-3H3;2-5,9-10H,6H2,1H3;1-2H3/t15-,16?;;/m0../s1. The number of unbranched alkanes of at least 4 members (excludes halogenated alkanes) is 4. The number of likely N-dealkylation sites (N-methyl/N-ethyl adjacent to an activating group) is 1. The molecule has 0 aliphatic carbocycles. The lowest BCUT2D eigenvalue weighted by Gasteiger charge is -2.53. The van der Waals surface area contributed by atoms with E-state index in [1.807, 2.05) is 37.9 Å². The first-order valence-corrected chi connectivity index (χ1v) is 13.8. The highest BCUT2D eigenvalue weighted by Crippen LogP contribution is 2.27. The lowest BCUT2D eigenvalue weighted by Crippen LogP contribution is -2.74. The van der Waals surface area contributed by atoms with Crippen LogP contribution in [-0.2, 0) is 20.9 Å². The van der Waals surface area contributed by atoms with Gasteiger partial charge >= 0.3 is 0 Å². The second kappa shape index (κ2) is 17.7. The van der Waals surface area contributed by atoms with Crippen molar-refractivity contribution in [3.05, 3.63) is 29.8 Å². The van der Waals surface area contributed by atoms with Crippen LogP contribution in [0, 0.1) is 0 Å². The van der Waals surface area contributed by atoms with E-state index in [0.717, 1.165) is 45.1 Å². The van der Waals surface area contributed by atoms with Gasteiger partial charge in [-0.25, -0.2) is 5.01 Å². The Morgan fingerprint density at radius 1 is 1.03 bits per heavy atom. The number of benzene rings is 1. The Kier molecular flexibility index (Phi) is 15.5. The van der Waals surface area contributed by atoms with E-state index in [1.165, 1.54) is 12.0 Å². The van der Waals surface area contributed by atoms with Crippen LogP contribution in [0.25, 0.3) is 0 Å². The van der Waals surface area contributed by atoms with E-state index < -0.39 is 6.04 Å². The van der Waals surface area contributed by atoms with Crippen molar-refractivity contribution in [3.63, 3.8) is 0 Å². The van der Waals surface area contributed by atoms with Crippen LogP contribution in [0.4, 0.5) is 0 Å². The average Bonchev–Trinajstić information content (AvgIpc) is 2.90. The molecule has 1 aromatic rings. The van der Waals surface area contributed by atoms with Crippen LogP contribution >= 0.6 is 0 Å². The zero-order valence-corrected chi connectivity index (χ0v) is 23.8. The molecular formula is C28H49N5O4. The third-order valence-corrected chi connectivity index (χ3v) is 6.53. The molecule has 0 bridgehead atoms. The number of hydrazine groups is 1. The van der Waals surface area contributed by atoms with Crippen molar-refractivity contribution in [2.24, 2.45) is 0 Å². The van der Waals surface area contributed by atoms with Crippen molar-refractivity contribution in [2.45, 2.75) is 91.4 Å². The molecular weight excluding hydrogens is 470 g/mol. The van der Waals surface area contributed by atoms with E-state index in [2.05, 4.69) is 19.2 Å². The monoisotopic (exact) mass is 519 g/mol. The Bertz CT molecular complexity index is 804. The number of piperazine rings is 1. The molecule has 3 rings (SSSR count). The molecule has 0 saturated carbocycles. The van der Waals surface area contributed by atoms with Gasteiger partial charge in [-0.3, -0.25) is 19.4 Å². The summed E-state index contributed by atoms with van der Waals surface area (Å²) < 4.78 is 0. The number of aromatic hydroxyl groups is 1. The molecule has 0 spiro atoms. The van der Waals surface area contributed by atoms with Gasteiger partial charge in [-0.15, -0.1) is 0 Å². The molecule has 1 unspecified atom stereocenters. The molecule has 2 aliphatic rings. The number of fused-ring (bicyclic) bond motifs is 1. The molecule has 37 heavy (non-hydrogen) atoms. The first-order valence-electron chi connectivity index (χ1n) is 13.8. The molecule has 2 atom stereocenters. The Balaban J connectivity index is 0.000000475. The molecule has 2 heterocycles. The molecule has 2 saturated heterocycles. The van der Waals surface area contributed by atoms with Crippen LogP contribution in [0.1, 0.15) is 78.2 Å². The van der Waals surface area contributed by atoms with Crippen LogP contribution in [0.2, 0.25) is 0 Å². The van der Waals surface area contributed by atoms with E-state index in [1.54, 1.807) is 34.1 Å². The van der Waals surface area contributed by atoms with E-state index in [9.17, 15) is 14.4 Å². The fourth-order valence-electron chi connectivity index (χ4n) is 4.61. The van der Waals surface area contributed by atoms with Gasteiger partial charge in [0.1, 0.15) is 18.0 Å². The van der Waals surface area contributed by atoms with E-state index in [4.69, 9.17) is 5.11 Å². The summed E-state index contributed by atoms with van der Waals surface area (Å²) >= 11 is 0. The Labute approximate surface area is 223 Å². The van der Waals surface area contributed by atoms with Gasteiger partial charge in [0.25, 0.3) is 0 Å². The van der Waals surface area contributed by atoms with Crippen molar-refractivity contribution in [1.82, 2.24) is 25.1 Å². The van der Waals surface area contributed by atoms with Crippen molar-refractivity contribution >= 4 is 18.2 Å². The van der Waals surface area contributed by atoms with Crippen LogP contribution in [0.3, 0.4) is 0 Å². The Morgan fingerprint density at radius 3 is 2.24 bits per heavy atom. The molecule has 2 N–H and O–H groups in total. The number of phenols is 1. The number of carbonyl (C=O) groups is 3. The minimum Gasteiger partial charge on any atom is -0.508 e. The summed E-state index contributed by atoms with van der Waals surface area (Å²) in [5.41, 5.74) is 1.18. The van der Waals surface area contributed by atoms with Crippen molar-refractivity contribution < 1.29 is 19.5 Å². The molecule has 1 aromatic carbocycles. The molecule has 2 fully saturated rings. The SMILES string of the molecule is CC.CCCCCCN1CC2N(C(=O)CN(C)N2C=O)[C@@H](CCCC)C1=O.CNCc1ccc(O)cc1. The van der Waals surface area contributed by atoms with Gasteiger partial charge in [0.2, 0.25) is 18.2 Å². The first-order chi connectivity index (χ1) is 17.9. The maximum atomic E-state index is 13.0. The third-order valence-electron chi connectivity index (χ3n) is 6.53. The number of rotatable bonds is 11. The van der Waals surface area contributed by atoms with Gasteiger partial charge in [-0.1, -0.05) is 71.9 Å². The van der Waals surface area contributed by atoms with Crippen molar-refractivity contribution in [2.75, 3.05) is 33.7 Å². The number of phenolic OH excluding ortho intramolecular Hbond substituents is 1. The summed E-state index contributed by atoms with van der Waals surface area (Å²) in [6.07, 6.45) is 7.32. The Morgan fingerprint density at radius 2 is 1.68 bits per heavy atom. The van der Waals surface area contributed by atoms with Gasteiger partial charge in [0, 0.05) is 20.1 Å². The average molecular weight is 520 g/mol. The second-order valence-corrected chi connectivity index (χ2v) is 9.28. The summed E-state index contributed by atoms with van der Waals surface area (Å²) in [5.74, 6) is 0.301. The van der Waals surface area contributed by atoms with Gasteiger partial charge in [-0.2, -0.15) is 0 Å². The summed E-state index contributed by atoms with van der Waals surface area (Å²) in [7, 11) is 3.64. The predicted molar refractivity (Wildman–Crippen MR) is 147 cm³/mol. The molecule has 2 aliphatic heterocycles. The van der Waals surface area contributed by atoms with Gasteiger partial charge in [0.05, 0.1) is 13.1 Å². The van der Waals surface area contributed by atoms with Gasteiger partial charge in [0.15, 0.2) is 0 Å². The van der Waals surface area contributed by atoms with E-state index >= 15 is 0 Å². The molecule has 210 valence electrons. The van der Waals surface area contributed by atoms with Crippen LogP contribution in [0.5, 0.6) is 5.75 Å². The second-order valence-electron chi connectivity index (χ2n) is 9.28. The number of amides is 3. The topological polar surface area (TPSA) is 96.4 Å². The lowest BCUT2D eigenvalue weighted by molar-refractivity contribution is -0.196. The highest BCUT2D eigenvalue weighted by Gasteiger charge is 2.48. The number of nitrogens with zero attached hydrogens (tertiary/aromatic N) is 4. The quantitative estimate of drug-likeness (QED) is 0.343. The van der Waals surface area contributed by atoms with Gasteiger partial charge in [-0.05, 0) is 37.6 Å². The first kappa shape index (κ1) is 32.4. The molecule has 9 nitrogen and oxygen atoms in total. The molecule has 9 heteroatoms. The summed E-state index contributed by atoms with van der Waals surface area (Å²) in [6, 6.07) is 6.73. The van der Waals surface area contributed by atoms with Crippen LogP contribution in [-0.4, -0.2) is 89.1 Å². The third kappa shape index (κ3) is 9.63. The Hall–Kier alpha value is -2.65. The van der Waals surface area contributed by atoms with E-state index in [-0.39, 0.29) is 24.5 Å². The highest BCUT2D eigenvalue weighted by atomic mass is 16.3. The maximum absolute atomic E-state index is 13.0. The largest absolute Gasteiger partial charge is 0.508 e. The van der Waals surface area contributed by atoms with Gasteiger partial charge < -0.3 is 20.2 Å². The van der Waals surface area contributed by atoms with Crippen molar-refractivity contribution in [3.8, 4) is 5.75 Å². The summed E-state index contributed by atoms with van der Waals surface area (Å²) in [6.45, 7) is 10.3. The number of nitrogens with one attached hydrogen (secondary N) is 1. The minimum absolute atomic E-state index is 0.0463. The zero-order valence-electron chi connectivity index (χ0n) is 23.8. The smallest absolute Gasteiger partial charge is 0.245 e.